The number of esters is 3. The van der Waals surface area contributed by atoms with Crippen molar-refractivity contribution in [2.24, 2.45) is 0 Å². The quantitative estimate of drug-likeness (QED) is 0.0261. The molecule has 0 spiro atoms. The third-order valence-electron chi connectivity index (χ3n) is 13.2. The Morgan fingerprint density at radius 2 is 0.606 bits per heavy atom. The molecule has 0 aromatic carbocycles. The smallest absolute Gasteiger partial charge is 0.309 e. The molecule has 0 rings (SSSR count). The van der Waals surface area contributed by atoms with Crippen LogP contribution in [-0.2, 0) is 28.6 Å². The zero-order valence-electron chi connectivity index (χ0n) is 47.0. The predicted octanol–water partition coefficient (Wildman–Crippen LogP) is 20.5. The summed E-state index contributed by atoms with van der Waals surface area (Å²) in [5.74, 6) is -1.03. The van der Waals surface area contributed by atoms with Crippen LogP contribution in [0.2, 0.25) is 0 Å². The van der Waals surface area contributed by atoms with Crippen LogP contribution in [0.25, 0.3) is 0 Å². The van der Waals surface area contributed by atoms with E-state index < -0.39 is 12.1 Å². The molecule has 0 aromatic rings. The number of hydrogen-bond donors (Lipinski definition) is 0. The Hall–Kier alpha value is -3.15. The van der Waals surface area contributed by atoms with Gasteiger partial charge >= 0.3 is 17.9 Å². The van der Waals surface area contributed by atoms with E-state index in [0.29, 0.717) is 12.8 Å². The van der Waals surface area contributed by atoms with E-state index in [2.05, 4.69) is 81.5 Å². The Morgan fingerprint density at radius 1 is 0.310 bits per heavy atom. The molecule has 0 N–H and O–H groups in total. The van der Waals surface area contributed by atoms with Crippen molar-refractivity contribution in [3.05, 3.63) is 72.9 Å². The van der Waals surface area contributed by atoms with E-state index >= 15 is 0 Å². The number of carbonyl (C=O) groups excluding carboxylic acids is 3. The largest absolute Gasteiger partial charge is 0.462 e. The van der Waals surface area contributed by atoms with Gasteiger partial charge in [0.2, 0.25) is 0 Å². The number of hydrogen-bond acceptors (Lipinski definition) is 6. The highest BCUT2D eigenvalue weighted by Crippen LogP contribution is 2.17. The summed E-state index contributed by atoms with van der Waals surface area (Å²) in [5, 5.41) is 0. The summed E-state index contributed by atoms with van der Waals surface area (Å²) in [5.41, 5.74) is 0. The Balaban J connectivity index is 4.41. The lowest BCUT2D eigenvalue weighted by atomic mass is 10.0. The second kappa shape index (κ2) is 59.4. The Labute approximate surface area is 440 Å². The lowest BCUT2D eigenvalue weighted by Crippen LogP contribution is -2.30. The van der Waals surface area contributed by atoms with Crippen LogP contribution >= 0.6 is 0 Å². The number of allylic oxidation sites excluding steroid dienone is 11. The minimum atomic E-state index is -0.815. The van der Waals surface area contributed by atoms with Crippen LogP contribution in [0.5, 0.6) is 0 Å². The van der Waals surface area contributed by atoms with Gasteiger partial charge in [-0.2, -0.15) is 0 Å². The van der Waals surface area contributed by atoms with Gasteiger partial charge in [0.1, 0.15) is 13.2 Å². The second-order valence-electron chi connectivity index (χ2n) is 20.3. The van der Waals surface area contributed by atoms with Crippen molar-refractivity contribution in [2.45, 2.75) is 309 Å². The molecule has 0 heterocycles. The molecular weight excluding hydrogens is 877 g/mol. The van der Waals surface area contributed by atoms with Gasteiger partial charge in [-0.15, -0.1) is 0 Å². The molecule has 1 unspecified atom stereocenters. The summed E-state index contributed by atoms with van der Waals surface area (Å²) in [6.45, 7) is 6.47. The molecule has 0 radical (unpaired) electrons. The van der Waals surface area contributed by atoms with Crippen molar-refractivity contribution in [1.82, 2.24) is 0 Å². The Morgan fingerprint density at radius 3 is 0.972 bits per heavy atom. The average Bonchev–Trinajstić information content (AvgIpc) is 3.37. The molecule has 0 bridgehead atoms. The molecule has 410 valence electrons. The van der Waals surface area contributed by atoms with E-state index in [-0.39, 0.29) is 31.6 Å². The number of carbonyl (C=O) groups is 3. The summed E-state index contributed by atoms with van der Waals surface area (Å²) >= 11 is 0. The molecule has 0 aromatic heterocycles. The first kappa shape index (κ1) is 67.8. The first-order valence-electron chi connectivity index (χ1n) is 30.4. The van der Waals surface area contributed by atoms with E-state index in [1.54, 1.807) is 6.08 Å². The standard InChI is InChI=1S/C65H114O6/c1-4-7-10-13-16-19-22-25-28-30-31-32-33-35-37-40-43-46-49-52-55-58-64(67)70-61-62(60-69-63(66)57-54-51-48-45-42-39-36-27-24-21-18-15-12-9-6-3)71-65(68)59-56-53-50-47-44-41-38-34-29-26-23-20-17-14-11-8-5-2/h9,12,18,21,27,30-31,36,42,45,51,54,62H,4-8,10-11,13-17,19-20,22-26,28-29,32-35,37-41,43-44,46-50,52-53,55-61H2,1-3H3/b12-9-,21-18-,31-30-,36-27-,45-42-,54-51-. The molecule has 71 heavy (non-hydrogen) atoms. The second-order valence-corrected chi connectivity index (χ2v) is 20.3. The van der Waals surface area contributed by atoms with Crippen LogP contribution in [-0.4, -0.2) is 37.2 Å². The third-order valence-corrected chi connectivity index (χ3v) is 13.2. The van der Waals surface area contributed by atoms with E-state index in [0.717, 1.165) is 70.6 Å². The molecule has 0 fully saturated rings. The fourth-order valence-electron chi connectivity index (χ4n) is 8.69. The molecule has 6 nitrogen and oxygen atoms in total. The van der Waals surface area contributed by atoms with Crippen molar-refractivity contribution >= 4 is 17.9 Å². The minimum Gasteiger partial charge on any atom is -0.462 e. The molecule has 0 saturated heterocycles. The molecule has 6 heteroatoms. The van der Waals surface area contributed by atoms with Gasteiger partial charge in [-0.05, 0) is 70.6 Å². The van der Waals surface area contributed by atoms with Gasteiger partial charge in [-0.25, -0.2) is 0 Å². The number of rotatable bonds is 55. The van der Waals surface area contributed by atoms with E-state index in [9.17, 15) is 14.4 Å². The zero-order chi connectivity index (χ0) is 51.4. The van der Waals surface area contributed by atoms with Crippen molar-refractivity contribution in [2.75, 3.05) is 13.2 Å². The Kier molecular flexibility index (Phi) is 56.8. The molecule has 0 aliphatic heterocycles. The van der Waals surface area contributed by atoms with Crippen molar-refractivity contribution < 1.29 is 28.6 Å². The highest BCUT2D eigenvalue weighted by Gasteiger charge is 2.19. The minimum absolute atomic E-state index is 0.104. The van der Waals surface area contributed by atoms with Crippen molar-refractivity contribution in [3.63, 3.8) is 0 Å². The van der Waals surface area contributed by atoms with E-state index in [1.807, 2.05) is 6.08 Å². The van der Waals surface area contributed by atoms with Crippen LogP contribution in [0.4, 0.5) is 0 Å². The normalized spacial score (nSPS) is 12.5. The molecule has 0 aliphatic carbocycles. The number of unbranched alkanes of at least 4 members (excludes halogenated alkanes) is 33. The zero-order valence-corrected chi connectivity index (χ0v) is 47.0. The van der Waals surface area contributed by atoms with Crippen molar-refractivity contribution in [3.8, 4) is 0 Å². The van der Waals surface area contributed by atoms with Crippen LogP contribution < -0.4 is 0 Å². The summed E-state index contributed by atoms with van der Waals surface area (Å²) in [4.78, 5) is 38.2. The SMILES string of the molecule is CC/C=C\C/C=C\C/C=C\C/C=C\C/C=C\CC(=O)OCC(COC(=O)CCCCCCCCCCC/C=C\CCCCCCCCCC)OC(=O)CCCCCCCCCCCCCCCCCCC. The van der Waals surface area contributed by atoms with Crippen molar-refractivity contribution in [1.29, 1.82) is 0 Å². The van der Waals surface area contributed by atoms with Crippen LogP contribution in [0, 0.1) is 0 Å². The van der Waals surface area contributed by atoms with Crippen LogP contribution in [0.1, 0.15) is 303 Å². The van der Waals surface area contributed by atoms with Gasteiger partial charge in [0.15, 0.2) is 6.10 Å². The first-order chi connectivity index (χ1) is 35.0. The summed E-state index contributed by atoms with van der Waals surface area (Å²) in [6, 6.07) is 0. The lowest BCUT2D eigenvalue weighted by Gasteiger charge is -2.18. The highest BCUT2D eigenvalue weighted by molar-refractivity contribution is 5.72. The summed E-state index contributed by atoms with van der Waals surface area (Å²) < 4.78 is 16.8. The van der Waals surface area contributed by atoms with Crippen LogP contribution in [0.3, 0.4) is 0 Å². The van der Waals surface area contributed by atoms with Gasteiger partial charge in [0.25, 0.3) is 0 Å². The summed E-state index contributed by atoms with van der Waals surface area (Å²) in [7, 11) is 0. The Bertz CT molecular complexity index is 1320. The lowest BCUT2D eigenvalue weighted by molar-refractivity contribution is -0.166. The van der Waals surface area contributed by atoms with Crippen LogP contribution in [0.15, 0.2) is 72.9 Å². The molecule has 0 amide bonds. The molecule has 0 aliphatic rings. The average molecular weight is 992 g/mol. The van der Waals surface area contributed by atoms with Gasteiger partial charge in [0, 0.05) is 12.8 Å². The third kappa shape index (κ3) is 57.6. The molecular formula is C65H114O6. The maximum absolute atomic E-state index is 12.9. The molecule has 0 saturated carbocycles. The summed E-state index contributed by atoms with van der Waals surface area (Å²) in [6.07, 6.45) is 76.4. The maximum atomic E-state index is 12.9. The first-order valence-corrected chi connectivity index (χ1v) is 30.4. The fourth-order valence-corrected chi connectivity index (χ4v) is 8.69. The number of ether oxygens (including phenoxy) is 3. The molecule has 1 atom stereocenters. The van der Waals surface area contributed by atoms with Gasteiger partial charge in [0.05, 0.1) is 6.42 Å². The topological polar surface area (TPSA) is 78.9 Å². The van der Waals surface area contributed by atoms with E-state index in [1.165, 1.54) is 193 Å². The monoisotopic (exact) mass is 991 g/mol. The van der Waals surface area contributed by atoms with Gasteiger partial charge in [-0.3, -0.25) is 14.4 Å². The fraction of sp³-hybridized carbons (Fsp3) is 0.769. The van der Waals surface area contributed by atoms with Gasteiger partial charge in [-0.1, -0.05) is 286 Å². The van der Waals surface area contributed by atoms with Gasteiger partial charge < -0.3 is 14.2 Å². The maximum Gasteiger partial charge on any atom is 0.309 e. The highest BCUT2D eigenvalue weighted by atomic mass is 16.6. The van der Waals surface area contributed by atoms with E-state index in [4.69, 9.17) is 14.2 Å². The predicted molar refractivity (Wildman–Crippen MR) is 307 cm³/mol.